The number of carbonyl (C=O) groups is 2. The van der Waals surface area contributed by atoms with E-state index in [2.05, 4.69) is 32.8 Å². The van der Waals surface area contributed by atoms with Gasteiger partial charge in [-0.1, -0.05) is 38.1 Å². The van der Waals surface area contributed by atoms with Gasteiger partial charge >= 0.3 is 0 Å². The molecule has 0 bridgehead atoms. The Labute approximate surface area is 378 Å². The molecule has 64 heavy (non-hydrogen) atoms. The van der Waals surface area contributed by atoms with Gasteiger partial charge in [-0.3, -0.25) is 9.59 Å². The van der Waals surface area contributed by atoms with Gasteiger partial charge in [-0.15, -0.1) is 0 Å². The lowest BCUT2D eigenvalue weighted by Gasteiger charge is -2.24. The highest BCUT2D eigenvalue weighted by Crippen LogP contribution is 2.40. The van der Waals surface area contributed by atoms with E-state index >= 15 is 0 Å². The van der Waals surface area contributed by atoms with Crippen LogP contribution in [0.25, 0.3) is 11.1 Å². The van der Waals surface area contributed by atoms with E-state index in [1.807, 2.05) is 125 Å². The van der Waals surface area contributed by atoms with Crippen LogP contribution in [0, 0.1) is 0 Å². The molecule has 0 aliphatic heterocycles. The van der Waals surface area contributed by atoms with Crippen molar-refractivity contribution in [1.82, 2.24) is 0 Å². The van der Waals surface area contributed by atoms with Crippen molar-refractivity contribution in [3.63, 3.8) is 0 Å². The first-order chi connectivity index (χ1) is 31.0. The SMILES string of the molecule is CCC[N+](C)=C1C=CC(=C2C(=O)C(c3ccc(N(C)CCOCCOCCOCCOCCN(C)c4ccc(C5=C(O)C(=C6C=CC(=[N+](C)CCC)C=C6)C5=O)cc4)cc3)=C2O)C=C1. The first kappa shape index (κ1) is 47.6. The van der Waals surface area contributed by atoms with Gasteiger partial charge in [0.1, 0.15) is 38.7 Å². The number of ether oxygens (including phenoxy) is 4. The predicted octanol–water partition coefficient (Wildman–Crippen LogP) is 6.86. The summed E-state index contributed by atoms with van der Waals surface area (Å²) < 4.78 is 27.2. The Kier molecular flexibility index (Phi) is 17.2. The summed E-state index contributed by atoms with van der Waals surface area (Å²) in [6.07, 6.45) is 17.6. The van der Waals surface area contributed by atoms with Gasteiger partial charge in [0.15, 0.2) is 11.4 Å². The summed E-state index contributed by atoms with van der Waals surface area (Å²) in [5.74, 6) is -0.203. The second-order valence-corrected chi connectivity index (χ2v) is 16.2. The summed E-state index contributed by atoms with van der Waals surface area (Å²) in [7, 11) is 8.06. The number of aliphatic hydroxyl groups is 2. The first-order valence-corrected chi connectivity index (χ1v) is 22.3. The lowest BCUT2D eigenvalue weighted by Crippen LogP contribution is -2.24. The molecular formula is C52H64N4O8+2. The van der Waals surface area contributed by atoms with E-state index in [0.29, 0.717) is 99.4 Å². The topological polar surface area (TPSA) is 124 Å². The van der Waals surface area contributed by atoms with Crippen molar-refractivity contribution in [2.24, 2.45) is 0 Å². The first-order valence-electron chi connectivity index (χ1n) is 22.3. The fourth-order valence-corrected chi connectivity index (χ4v) is 7.76. The summed E-state index contributed by atoms with van der Waals surface area (Å²) in [5, 5.41) is 21.7. The summed E-state index contributed by atoms with van der Waals surface area (Å²) in [4.78, 5) is 30.3. The molecule has 0 amide bonds. The van der Waals surface area contributed by atoms with E-state index in [1.165, 1.54) is 0 Å². The van der Waals surface area contributed by atoms with Crippen LogP contribution in [0.5, 0.6) is 0 Å². The molecule has 0 atom stereocenters. The molecule has 0 radical (unpaired) electrons. The van der Waals surface area contributed by atoms with Gasteiger partial charge in [0, 0.05) is 75.7 Å². The number of rotatable bonds is 23. The maximum atomic E-state index is 13.1. The van der Waals surface area contributed by atoms with Gasteiger partial charge < -0.3 is 39.0 Å². The van der Waals surface area contributed by atoms with Gasteiger partial charge in [-0.2, -0.15) is 0 Å². The molecular weight excluding hydrogens is 809 g/mol. The molecule has 0 fully saturated rings. The maximum Gasteiger partial charge on any atom is 0.201 e. The molecule has 0 spiro atoms. The minimum atomic E-state index is -0.145. The van der Waals surface area contributed by atoms with Crippen molar-refractivity contribution < 1.29 is 47.9 Å². The van der Waals surface area contributed by atoms with Crippen molar-refractivity contribution in [2.75, 3.05) is 117 Å². The molecule has 0 saturated carbocycles. The van der Waals surface area contributed by atoms with Crippen LogP contribution >= 0.6 is 0 Å². The van der Waals surface area contributed by atoms with Crippen LogP contribution in [0.15, 0.2) is 131 Å². The summed E-state index contributed by atoms with van der Waals surface area (Å²) in [6.45, 7) is 11.4. The highest BCUT2D eigenvalue weighted by molar-refractivity contribution is 6.40. The second-order valence-electron chi connectivity index (χ2n) is 16.2. The number of Topliss-reactive ketones (excluding diaryl/α,β-unsaturated/α-hetero) is 2. The van der Waals surface area contributed by atoms with Crippen LogP contribution in [0.2, 0.25) is 0 Å². The van der Waals surface area contributed by atoms with Gasteiger partial charge in [0.05, 0.1) is 75.1 Å². The second kappa shape index (κ2) is 23.1. The molecule has 4 aliphatic rings. The minimum absolute atomic E-state index is 0.0430. The largest absolute Gasteiger partial charge is 0.506 e. The lowest BCUT2D eigenvalue weighted by molar-refractivity contribution is -0.495. The van der Waals surface area contributed by atoms with Gasteiger partial charge in [-0.25, -0.2) is 9.15 Å². The minimum Gasteiger partial charge on any atom is -0.506 e. The number of aliphatic hydroxyl groups excluding tert-OH is 2. The molecule has 2 aromatic rings. The molecule has 4 aliphatic carbocycles. The lowest BCUT2D eigenvalue weighted by atomic mass is 9.80. The highest BCUT2D eigenvalue weighted by Gasteiger charge is 2.38. The Hall–Kier alpha value is -5.92. The van der Waals surface area contributed by atoms with Crippen LogP contribution in [-0.2, 0) is 28.5 Å². The van der Waals surface area contributed by atoms with Crippen LogP contribution in [0.4, 0.5) is 11.4 Å². The quantitative estimate of drug-likeness (QED) is 0.0696. The van der Waals surface area contributed by atoms with E-state index in [-0.39, 0.29) is 23.1 Å². The number of allylic oxidation sites excluding steroid dienone is 14. The van der Waals surface area contributed by atoms with Gasteiger partial charge in [0.2, 0.25) is 11.6 Å². The summed E-state index contributed by atoms with van der Waals surface area (Å²) >= 11 is 0. The van der Waals surface area contributed by atoms with Crippen molar-refractivity contribution in [2.45, 2.75) is 26.7 Å². The van der Waals surface area contributed by atoms with E-state index < -0.39 is 0 Å². The third-order valence-electron chi connectivity index (χ3n) is 11.6. The number of nitrogens with zero attached hydrogens (tertiary/aromatic N) is 4. The Morgan fingerprint density at radius 3 is 1.08 bits per heavy atom. The van der Waals surface area contributed by atoms with Crippen LogP contribution in [-0.4, -0.2) is 150 Å². The molecule has 0 heterocycles. The van der Waals surface area contributed by atoms with E-state index in [1.54, 1.807) is 0 Å². The monoisotopic (exact) mass is 872 g/mol. The fraction of sp³-hybridized carbons (Fsp3) is 0.385. The molecule has 2 aromatic carbocycles. The Morgan fingerprint density at radius 1 is 0.469 bits per heavy atom. The fourth-order valence-electron chi connectivity index (χ4n) is 7.76. The number of anilines is 2. The number of hydrogen-bond donors (Lipinski definition) is 2. The number of ketones is 2. The molecule has 12 nitrogen and oxygen atoms in total. The third kappa shape index (κ3) is 11.6. The van der Waals surface area contributed by atoms with Crippen LogP contribution in [0.3, 0.4) is 0 Å². The number of hydrogen-bond acceptors (Lipinski definition) is 10. The molecule has 6 rings (SSSR count). The zero-order chi connectivity index (χ0) is 45.6. The summed E-state index contributed by atoms with van der Waals surface area (Å²) in [6, 6.07) is 15.3. The predicted molar refractivity (Wildman–Crippen MR) is 255 cm³/mol. The van der Waals surface area contributed by atoms with Crippen molar-refractivity contribution in [3.05, 3.63) is 142 Å². The zero-order valence-corrected chi connectivity index (χ0v) is 38.3. The summed E-state index contributed by atoms with van der Waals surface area (Å²) in [5.41, 5.74) is 8.40. The zero-order valence-electron chi connectivity index (χ0n) is 38.3. The smallest absolute Gasteiger partial charge is 0.201 e. The number of likely N-dealkylation sites (N-methyl/N-ethyl adjacent to an activating group) is 2. The van der Waals surface area contributed by atoms with Crippen molar-refractivity contribution >= 4 is 45.5 Å². The van der Waals surface area contributed by atoms with Crippen molar-refractivity contribution in [1.29, 1.82) is 0 Å². The van der Waals surface area contributed by atoms with Gasteiger partial charge in [0.25, 0.3) is 0 Å². The standard InChI is InChI=1S/C52H62N4O8/c1-7-25-53(3)41-17-9-37(10-18-41)45-49(57)47(50(45)58)39-13-21-43(22-14-39)55(5)27-29-61-31-33-63-35-36-64-34-32-62-30-28-56(6)44-23-15-40(16-24-44)48-51(59)46(52(48)60)38-11-19-42(20-12-38)54(4)26-8-2/h9-24H,7-8,25-36H2,1-6H3/p+2. The third-order valence-corrected chi connectivity index (χ3v) is 11.6. The van der Waals surface area contributed by atoms with Crippen LogP contribution < -0.4 is 9.80 Å². The Morgan fingerprint density at radius 2 is 0.781 bits per heavy atom. The Bertz CT molecular complexity index is 2160. The molecule has 338 valence electrons. The van der Waals surface area contributed by atoms with Crippen molar-refractivity contribution in [3.8, 4) is 0 Å². The van der Waals surface area contributed by atoms with Gasteiger partial charge in [-0.05, 0) is 70.8 Å². The maximum absolute atomic E-state index is 13.1. The number of benzene rings is 2. The number of carbonyl (C=O) groups excluding carboxylic acids is 2. The molecule has 12 heteroatoms. The van der Waals surface area contributed by atoms with E-state index in [4.69, 9.17) is 18.9 Å². The van der Waals surface area contributed by atoms with E-state index in [9.17, 15) is 19.8 Å². The van der Waals surface area contributed by atoms with Crippen LogP contribution in [0.1, 0.15) is 37.8 Å². The average molecular weight is 873 g/mol. The molecule has 0 aromatic heterocycles. The highest BCUT2D eigenvalue weighted by atomic mass is 16.6. The molecule has 0 saturated heterocycles. The van der Waals surface area contributed by atoms with E-state index in [0.717, 1.165) is 59.9 Å². The normalized spacial score (nSPS) is 15.8. The average Bonchev–Trinajstić information content (AvgIpc) is 3.30. The molecule has 0 unspecified atom stereocenters. The Balaban J connectivity index is 0.789. The molecule has 2 N–H and O–H groups in total.